The molecule has 39 heavy (non-hydrogen) atoms. The van der Waals surface area contributed by atoms with Crippen molar-refractivity contribution in [3.05, 3.63) is 89.0 Å². The molecule has 0 spiro atoms. The number of H-pyrrole nitrogens is 1. The van der Waals surface area contributed by atoms with E-state index in [1.54, 1.807) is 36.7 Å². The number of hydrogen-bond acceptors (Lipinski definition) is 6. The van der Waals surface area contributed by atoms with Crippen molar-refractivity contribution in [2.75, 3.05) is 44.6 Å². The molecule has 4 heterocycles. The lowest BCUT2D eigenvalue weighted by Crippen LogP contribution is -2.50. The summed E-state index contributed by atoms with van der Waals surface area (Å²) in [7, 11) is 0. The monoisotopic (exact) mass is 610 g/mol. The van der Waals surface area contributed by atoms with Gasteiger partial charge in [-0.1, -0.05) is 23.7 Å². The van der Waals surface area contributed by atoms with Gasteiger partial charge in [0.05, 0.1) is 17.1 Å². The molecule has 0 unspecified atom stereocenters. The number of nitrogens with zero attached hydrogens (tertiary/aromatic N) is 4. The Kier molecular flexibility index (Phi) is 12.5. The lowest BCUT2D eigenvalue weighted by Gasteiger charge is -2.34. The predicted octanol–water partition coefficient (Wildman–Crippen LogP) is 4.91. The Bertz CT molecular complexity index is 1380. The molecule has 208 valence electrons. The third-order valence-corrected chi connectivity index (χ3v) is 6.86. The van der Waals surface area contributed by atoms with Gasteiger partial charge in [-0.15, -0.1) is 37.2 Å². The summed E-state index contributed by atoms with van der Waals surface area (Å²) in [5.41, 5.74) is 3.00. The van der Waals surface area contributed by atoms with Crippen LogP contribution in [0, 0.1) is 0 Å². The Morgan fingerprint density at radius 2 is 1.72 bits per heavy atom. The Hall–Kier alpha value is -2.88. The smallest absolute Gasteiger partial charge is 0.242 e. The van der Waals surface area contributed by atoms with Gasteiger partial charge < -0.3 is 15.2 Å². The van der Waals surface area contributed by atoms with E-state index in [2.05, 4.69) is 25.2 Å². The highest BCUT2D eigenvalue weighted by Crippen LogP contribution is 2.25. The Morgan fingerprint density at radius 1 is 0.974 bits per heavy atom. The van der Waals surface area contributed by atoms with Gasteiger partial charge in [0.2, 0.25) is 5.91 Å². The first-order valence-corrected chi connectivity index (χ1v) is 12.4. The molecule has 1 aromatic carbocycles. The number of aromatic nitrogens is 3. The number of anilines is 1. The number of benzene rings is 1. The first kappa shape index (κ1) is 32.3. The fraction of sp³-hybridized carbons (Fsp3) is 0.259. The fourth-order valence-corrected chi connectivity index (χ4v) is 4.66. The highest BCUT2D eigenvalue weighted by molar-refractivity contribution is 6.35. The van der Waals surface area contributed by atoms with Gasteiger partial charge >= 0.3 is 0 Å². The van der Waals surface area contributed by atoms with Gasteiger partial charge in [0.25, 0.3) is 0 Å². The molecule has 5 rings (SSSR count). The average Bonchev–Trinajstić information content (AvgIpc) is 3.31. The zero-order valence-corrected chi connectivity index (χ0v) is 24.2. The van der Waals surface area contributed by atoms with Crippen molar-refractivity contribution < 1.29 is 9.59 Å². The van der Waals surface area contributed by atoms with Gasteiger partial charge in [0, 0.05) is 74.0 Å². The molecule has 1 saturated heterocycles. The Balaban J connectivity index is 0.00000178. The fourth-order valence-electron chi connectivity index (χ4n) is 4.45. The minimum atomic E-state index is -0.173. The molecule has 1 fully saturated rings. The van der Waals surface area contributed by atoms with Crippen molar-refractivity contribution in [2.24, 2.45) is 0 Å². The van der Waals surface area contributed by atoms with Crippen molar-refractivity contribution in [2.45, 2.75) is 6.42 Å². The van der Waals surface area contributed by atoms with Crippen LogP contribution in [0.15, 0.2) is 67.3 Å². The van der Waals surface area contributed by atoms with E-state index in [4.69, 9.17) is 11.6 Å². The van der Waals surface area contributed by atoms with Crippen molar-refractivity contribution in [3.63, 3.8) is 0 Å². The summed E-state index contributed by atoms with van der Waals surface area (Å²) in [5, 5.41) is 4.56. The number of ketones is 1. The minimum Gasteiger partial charge on any atom is -0.360 e. The molecule has 1 aliphatic heterocycles. The van der Waals surface area contributed by atoms with Crippen LogP contribution in [0.2, 0.25) is 5.02 Å². The topological polar surface area (TPSA) is 94.2 Å². The van der Waals surface area contributed by atoms with Crippen LogP contribution in [0.5, 0.6) is 0 Å². The first-order valence-electron chi connectivity index (χ1n) is 12.0. The molecule has 3 aromatic heterocycles. The number of nitrogens with one attached hydrogen (secondary N) is 2. The molecule has 1 amide bonds. The molecule has 2 N–H and O–H groups in total. The second kappa shape index (κ2) is 15.1. The van der Waals surface area contributed by atoms with Crippen LogP contribution in [-0.4, -0.2) is 75.7 Å². The molecule has 0 radical (unpaired) electrons. The quantitative estimate of drug-likeness (QED) is 0.275. The number of rotatable bonds is 8. The summed E-state index contributed by atoms with van der Waals surface area (Å²) in [6.07, 6.45) is 7.91. The summed E-state index contributed by atoms with van der Waals surface area (Å²) >= 11 is 6.15. The van der Waals surface area contributed by atoms with Crippen LogP contribution in [0.3, 0.4) is 0 Å². The van der Waals surface area contributed by atoms with E-state index in [0.717, 1.165) is 37.0 Å². The molecule has 8 nitrogen and oxygen atoms in total. The molecular weight excluding hydrogens is 582 g/mol. The summed E-state index contributed by atoms with van der Waals surface area (Å²) < 4.78 is 0. The molecule has 12 heteroatoms. The van der Waals surface area contributed by atoms with Gasteiger partial charge in [-0.2, -0.15) is 0 Å². The van der Waals surface area contributed by atoms with Gasteiger partial charge in [-0.25, -0.2) is 4.98 Å². The van der Waals surface area contributed by atoms with Crippen LogP contribution in [-0.2, 0) is 11.2 Å². The number of hydrogen-bond donors (Lipinski definition) is 2. The Morgan fingerprint density at radius 3 is 2.46 bits per heavy atom. The zero-order chi connectivity index (χ0) is 24.9. The van der Waals surface area contributed by atoms with Crippen LogP contribution in [0.1, 0.15) is 21.5 Å². The SMILES string of the molecule is Cl.Cl.Cl.O=C(c1ccc2c(Cl)c[nH]c2c1)c1cccnc1NCC(=O)N1CCN(CCc2ccncc2)CC1. The van der Waals surface area contributed by atoms with Gasteiger partial charge in [0.1, 0.15) is 5.82 Å². The van der Waals surface area contributed by atoms with Crippen molar-refractivity contribution >= 4 is 77.2 Å². The van der Waals surface area contributed by atoms with Crippen molar-refractivity contribution in [3.8, 4) is 0 Å². The maximum Gasteiger partial charge on any atom is 0.242 e. The summed E-state index contributed by atoms with van der Waals surface area (Å²) in [6, 6.07) is 12.9. The standard InChI is InChI=1S/C27H27ClN6O2.3ClH/c28-23-17-31-24-16-20(3-4-21(23)24)26(36)22-2-1-8-30-27(22)32-18-25(35)34-14-12-33(13-15-34)11-7-19-5-9-29-10-6-19;;;/h1-6,8-10,16-17,31H,7,11-15,18H2,(H,30,32);3*1H. The largest absolute Gasteiger partial charge is 0.360 e. The van der Waals surface area contributed by atoms with Crippen LogP contribution < -0.4 is 5.32 Å². The lowest BCUT2D eigenvalue weighted by atomic mass is 10.0. The van der Waals surface area contributed by atoms with Crippen LogP contribution in [0.4, 0.5) is 5.82 Å². The van der Waals surface area contributed by atoms with E-state index in [-0.39, 0.29) is 55.5 Å². The third kappa shape index (κ3) is 7.84. The summed E-state index contributed by atoms with van der Waals surface area (Å²) in [5.74, 6) is 0.222. The van der Waals surface area contributed by atoms with Gasteiger partial charge in [0.15, 0.2) is 5.78 Å². The van der Waals surface area contributed by atoms with E-state index >= 15 is 0 Å². The molecule has 1 aliphatic rings. The molecule has 0 aliphatic carbocycles. The van der Waals surface area contributed by atoms with E-state index in [1.165, 1.54) is 5.56 Å². The van der Waals surface area contributed by atoms with E-state index < -0.39 is 0 Å². The number of fused-ring (bicyclic) bond motifs is 1. The molecule has 0 saturated carbocycles. The lowest BCUT2D eigenvalue weighted by molar-refractivity contribution is -0.131. The van der Waals surface area contributed by atoms with Crippen molar-refractivity contribution in [1.82, 2.24) is 24.8 Å². The number of carbonyl (C=O) groups excluding carboxylic acids is 2. The van der Waals surface area contributed by atoms with Crippen LogP contribution in [0.25, 0.3) is 10.9 Å². The number of amides is 1. The third-order valence-electron chi connectivity index (χ3n) is 6.54. The van der Waals surface area contributed by atoms with E-state index in [0.29, 0.717) is 35.1 Å². The number of pyridine rings is 2. The molecule has 0 bridgehead atoms. The highest BCUT2D eigenvalue weighted by Gasteiger charge is 2.22. The second-order valence-corrected chi connectivity index (χ2v) is 9.21. The number of piperazine rings is 1. The molecule has 4 aromatic rings. The summed E-state index contributed by atoms with van der Waals surface area (Å²) in [6.45, 7) is 4.10. The maximum absolute atomic E-state index is 13.2. The maximum atomic E-state index is 13.2. The number of halogens is 4. The van der Waals surface area contributed by atoms with Crippen molar-refractivity contribution in [1.29, 1.82) is 0 Å². The van der Waals surface area contributed by atoms with Crippen LogP contribution >= 0.6 is 48.8 Å². The second-order valence-electron chi connectivity index (χ2n) is 8.81. The number of carbonyl (C=O) groups is 2. The predicted molar refractivity (Wildman–Crippen MR) is 162 cm³/mol. The minimum absolute atomic E-state index is 0. The van der Waals surface area contributed by atoms with E-state index in [1.807, 2.05) is 35.5 Å². The molecular formula is C27H30Cl4N6O2. The zero-order valence-electron chi connectivity index (χ0n) is 21.0. The Labute approximate surface area is 250 Å². The van der Waals surface area contributed by atoms with E-state index in [9.17, 15) is 9.59 Å². The summed E-state index contributed by atoms with van der Waals surface area (Å²) in [4.78, 5) is 41.8. The molecule has 0 atom stereocenters. The highest BCUT2D eigenvalue weighted by atomic mass is 35.5. The van der Waals surface area contributed by atoms with Gasteiger partial charge in [-0.05, 0) is 42.3 Å². The first-order chi connectivity index (χ1) is 17.6. The number of aromatic amines is 1. The normalized spacial score (nSPS) is 13.1. The average molecular weight is 612 g/mol. The van der Waals surface area contributed by atoms with Gasteiger partial charge in [-0.3, -0.25) is 19.5 Å².